The Labute approximate surface area is 116 Å². The minimum absolute atomic E-state index is 0.0633. The van der Waals surface area contributed by atoms with Crippen LogP contribution in [-0.4, -0.2) is 18.0 Å². The molecule has 1 amide bonds. The number of amides is 1. The number of carbonyl (C=O) groups excluding carboxylic acids is 1. The van der Waals surface area contributed by atoms with Gasteiger partial charge in [-0.3, -0.25) is 9.78 Å². The van der Waals surface area contributed by atoms with Crippen LogP contribution in [0.15, 0.2) is 42.6 Å². The minimum atomic E-state index is -0.390. The second kappa shape index (κ2) is 6.65. The van der Waals surface area contributed by atoms with Gasteiger partial charge in [0.05, 0.1) is 25.8 Å². The molecule has 104 valence electrons. The summed E-state index contributed by atoms with van der Waals surface area (Å²) in [5.74, 6) is -0.0998. The van der Waals surface area contributed by atoms with Gasteiger partial charge in [0.2, 0.25) is 5.91 Å². The van der Waals surface area contributed by atoms with Crippen LogP contribution in [0.5, 0.6) is 5.75 Å². The Bertz CT molecular complexity index is 588. The van der Waals surface area contributed by atoms with Crippen LogP contribution in [0.2, 0.25) is 0 Å². The van der Waals surface area contributed by atoms with Crippen LogP contribution in [0.1, 0.15) is 11.3 Å². The molecule has 1 heterocycles. The number of carbonyl (C=O) groups is 1. The van der Waals surface area contributed by atoms with Gasteiger partial charge in [0.25, 0.3) is 0 Å². The van der Waals surface area contributed by atoms with E-state index < -0.39 is 5.82 Å². The van der Waals surface area contributed by atoms with E-state index in [1.165, 1.54) is 25.3 Å². The van der Waals surface area contributed by atoms with E-state index in [4.69, 9.17) is 4.74 Å². The van der Waals surface area contributed by atoms with Gasteiger partial charge in [-0.2, -0.15) is 0 Å². The van der Waals surface area contributed by atoms with Gasteiger partial charge < -0.3 is 10.1 Å². The molecule has 5 heteroatoms. The Morgan fingerprint density at radius 2 is 2.20 bits per heavy atom. The van der Waals surface area contributed by atoms with E-state index in [0.717, 1.165) is 5.69 Å². The monoisotopic (exact) mass is 274 g/mol. The molecule has 0 spiro atoms. The van der Waals surface area contributed by atoms with E-state index in [-0.39, 0.29) is 12.3 Å². The molecule has 1 aromatic heterocycles. The lowest BCUT2D eigenvalue weighted by Gasteiger charge is -2.09. The zero-order chi connectivity index (χ0) is 14.4. The summed E-state index contributed by atoms with van der Waals surface area (Å²) in [6.07, 6.45) is 1.73. The summed E-state index contributed by atoms with van der Waals surface area (Å²) >= 11 is 0. The van der Waals surface area contributed by atoms with Crippen LogP contribution in [-0.2, 0) is 17.8 Å². The van der Waals surface area contributed by atoms with Gasteiger partial charge in [-0.15, -0.1) is 0 Å². The maximum Gasteiger partial charge on any atom is 0.224 e. The van der Waals surface area contributed by atoms with E-state index in [9.17, 15) is 9.18 Å². The maximum absolute atomic E-state index is 13.2. The zero-order valence-corrected chi connectivity index (χ0v) is 11.1. The molecule has 0 bridgehead atoms. The first-order valence-corrected chi connectivity index (χ1v) is 6.18. The summed E-state index contributed by atoms with van der Waals surface area (Å²) in [6, 6.07) is 9.60. The quantitative estimate of drug-likeness (QED) is 0.908. The Balaban J connectivity index is 1.96. The number of pyridine rings is 1. The van der Waals surface area contributed by atoms with Crippen molar-refractivity contribution >= 4 is 5.91 Å². The van der Waals surface area contributed by atoms with Gasteiger partial charge >= 0.3 is 0 Å². The van der Waals surface area contributed by atoms with Gasteiger partial charge in [0, 0.05) is 11.8 Å². The molecule has 0 fully saturated rings. The molecular formula is C15H15FN2O2. The lowest BCUT2D eigenvalue weighted by molar-refractivity contribution is -0.120. The second-order valence-electron chi connectivity index (χ2n) is 4.23. The van der Waals surface area contributed by atoms with Crippen molar-refractivity contribution in [3.8, 4) is 5.75 Å². The maximum atomic E-state index is 13.2. The number of aromatic nitrogens is 1. The lowest BCUT2D eigenvalue weighted by atomic mass is 10.1. The second-order valence-corrected chi connectivity index (χ2v) is 4.23. The highest BCUT2D eigenvalue weighted by Crippen LogP contribution is 2.19. The van der Waals surface area contributed by atoms with Gasteiger partial charge in [-0.05, 0) is 30.3 Å². The first-order chi connectivity index (χ1) is 9.69. The van der Waals surface area contributed by atoms with Gasteiger partial charge in [0.15, 0.2) is 0 Å². The smallest absolute Gasteiger partial charge is 0.224 e. The Morgan fingerprint density at radius 1 is 1.35 bits per heavy atom. The van der Waals surface area contributed by atoms with Crippen LogP contribution in [0.3, 0.4) is 0 Å². The van der Waals surface area contributed by atoms with Crippen LogP contribution in [0.25, 0.3) is 0 Å². The number of nitrogens with one attached hydrogen (secondary N) is 1. The molecule has 2 aromatic rings. The van der Waals surface area contributed by atoms with Crippen LogP contribution >= 0.6 is 0 Å². The van der Waals surface area contributed by atoms with E-state index in [1.807, 2.05) is 18.2 Å². The Hall–Kier alpha value is -2.43. The van der Waals surface area contributed by atoms with Crippen molar-refractivity contribution in [3.63, 3.8) is 0 Å². The van der Waals surface area contributed by atoms with Crippen molar-refractivity contribution in [2.24, 2.45) is 0 Å². The number of methoxy groups -OCH3 is 1. The predicted molar refractivity (Wildman–Crippen MR) is 72.7 cm³/mol. The molecular weight excluding hydrogens is 259 g/mol. The molecule has 2 rings (SSSR count). The fourth-order valence-electron chi connectivity index (χ4n) is 1.81. The fourth-order valence-corrected chi connectivity index (χ4v) is 1.81. The van der Waals surface area contributed by atoms with Crippen molar-refractivity contribution in [1.29, 1.82) is 0 Å². The fraction of sp³-hybridized carbons (Fsp3) is 0.200. The summed E-state index contributed by atoms with van der Waals surface area (Å²) in [5, 5.41) is 2.74. The number of halogens is 1. The Morgan fingerprint density at radius 3 is 2.90 bits per heavy atom. The largest absolute Gasteiger partial charge is 0.496 e. The third-order valence-electron chi connectivity index (χ3n) is 2.79. The van der Waals surface area contributed by atoms with Crippen molar-refractivity contribution in [1.82, 2.24) is 10.3 Å². The lowest BCUT2D eigenvalue weighted by Crippen LogP contribution is -2.25. The third-order valence-corrected chi connectivity index (χ3v) is 2.79. The first-order valence-electron chi connectivity index (χ1n) is 6.18. The number of hydrogen-bond donors (Lipinski definition) is 1. The predicted octanol–water partition coefficient (Wildman–Crippen LogP) is 2.09. The molecule has 0 aliphatic rings. The van der Waals surface area contributed by atoms with Crippen molar-refractivity contribution in [2.75, 3.05) is 7.11 Å². The Kier molecular flexibility index (Phi) is 4.65. The van der Waals surface area contributed by atoms with E-state index >= 15 is 0 Å². The summed E-state index contributed by atoms with van der Waals surface area (Å²) in [5.41, 5.74) is 1.29. The highest BCUT2D eigenvalue weighted by atomic mass is 19.1. The number of rotatable bonds is 5. The van der Waals surface area contributed by atoms with E-state index in [0.29, 0.717) is 17.9 Å². The van der Waals surface area contributed by atoms with Gasteiger partial charge in [-0.1, -0.05) is 6.07 Å². The van der Waals surface area contributed by atoms with Gasteiger partial charge in [0.1, 0.15) is 11.6 Å². The van der Waals surface area contributed by atoms with Crippen LogP contribution in [0, 0.1) is 5.82 Å². The number of benzene rings is 1. The molecule has 0 saturated carbocycles. The standard InChI is InChI=1S/C15H15FN2O2/c1-20-14-6-5-12(16)8-11(14)9-15(19)18-10-13-4-2-3-7-17-13/h2-8H,9-10H2,1H3,(H,18,19). The first kappa shape index (κ1) is 14.0. The number of ether oxygens (including phenoxy) is 1. The molecule has 1 N–H and O–H groups in total. The van der Waals surface area contributed by atoms with E-state index in [2.05, 4.69) is 10.3 Å². The molecule has 1 aromatic carbocycles. The number of nitrogens with zero attached hydrogens (tertiary/aromatic N) is 1. The zero-order valence-electron chi connectivity index (χ0n) is 11.1. The van der Waals surface area contributed by atoms with Crippen LogP contribution < -0.4 is 10.1 Å². The molecule has 0 unspecified atom stereocenters. The third kappa shape index (κ3) is 3.78. The summed E-state index contributed by atoms with van der Waals surface area (Å²) in [6.45, 7) is 0.345. The molecule has 20 heavy (non-hydrogen) atoms. The molecule has 0 radical (unpaired) electrons. The summed E-state index contributed by atoms with van der Waals surface area (Å²) in [7, 11) is 1.49. The molecule has 0 aliphatic heterocycles. The summed E-state index contributed by atoms with van der Waals surface area (Å²) < 4.78 is 18.3. The average molecular weight is 274 g/mol. The van der Waals surface area contributed by atoms with Crippen LogP contribution in [0.4, 0.5) is 4.39 Å². The molecule has 0 aliphatic carbocycles. The minimum Gasteiger partial charge on any atom is -0.496 e. The molecule has 0 saturated heterocycles. The molecule has 4 nitrogen and oxygen atoms in total. The van der Waals surface area contributed by atoms with E-state index in [1.54, 1.807) is 6.20 Å². The normalized spacial score (nSPS) is 10.1. The van der Waals surface area contributed by atoms with Crippen molar-refractivity contribution < 1.29 is 13.9 Å². The highest BCUT2D eigenvalue weighted by Gasteiger charge is 2.10. The number of hydrogen-bond acceptors (Lipinski definition) is 3. The summed E-state index contributed by atoms with van der Waals surface area (Å²) in [4.78, 5) is 16.0. The van der Waals surface area contributed by atoms with Crippen molar-refractivity contribution in [2.45, 2.75) is 13.0 Å². The average Bonchev–Trinajstić information content (AvgIpc) is 2.46. The molecule has 0 atom stereocenters. The highest BCUT2D eigenvalue weighted by molar-refractivity contribution is 5.79. The topological polar surface area (TPSA) is 51.2 Å². The van der Waals surface area contributed by atoms with Crippen molar-refractivity contribution in [3.05, 3.63) is 59.7 Å². The van der Waals surface area contributed by atoms with Gasteiger partial charge in [-0.25, -0.2) is 4.39 Å². The SMILES string of the molecule is COc1ccc(F)cc1CC(=O)NCc1ccccn1.